The third kappa shape index (κ3) is 5.74. The molecule has 0 aliphatic heterocycles. The van der Waals surface area contributed by atoms with Gasteiger partial charge >= 0.3 is 6.18 Å². The highest BCUT2D eigenvalue weighted by molar-refractivity contribution is 6.25. The van der Waals surface area contributed by atoms with E-state index in [4.69, 9.17) is 11.6 Å². The van der Waals surface area contributed by atoms with E-state index in [1.165, 1.54) is 25.7 Å². The summed E-state index contributed by atoms with van der Waals surface area (Å²) < 4.78 is 65.8. The summed E-state index contributed by atoms with van der Waals surface area (Å²) in [6.07, 6.45) is 7.55. The molecule has 0 amide bonds. The van der Waals surface area contributed by atoms with Crippen molar-refractivity contribution in [2.24, 2.45) is 23.7 Å². The third-order valence-electron chi connectivity index (χ3n) is 7.01. The average Bonchev–Trinajstić information content (AvgIpc) is 2.69. The van der Waals surface area contributed by atoms with Crippen molar-refractivity contribution >= 4 is 11.6 Å². The van der Waals surface area contributed by atoms with Gasteiger partial charge in [-0.1, -0.05) is 36.6 Å². The molecule has 1 aromatic carbocycles. The van der Waals surface area contributed by atoms with Crippen molar-refractivity contribution in [2.75, 3.05) is 0 Å². The minimum Gasteiger partial charge on any atom is -0.203 e. The summed E-state index contributed by atoms with van der Waals surface area (Å²) in [7, 11) is 0. The molecule has 0 N–H and O–H groups in total. The minimum atomic E-state index is -4.87. The molecule has 2 aliphatic rings. The van der Waals surface area contributed by atoms with Gasteiger partial charge in [-0.05, 0) is 86.7 Å². The maximum atomic E-state index is 14.1. The second-order valence-corrected chi connectivity index (χ2v) is 8.96. The van der Waals surface area contributed by atoms with Crippen LogP contribution in [0.3, 0.4) is 0 Å². The van der Waals surface area contributed by atoms with Gasteiger partial charge in [0, 0.05) is 5.54 Å². The molecule has 0 saturated heterocycles. The Balaban J connectivity index is 1.47. The molecular formula is C23H28ClF5. The molecule has 162 valence electrons. The molecule has 1 aromatic rings. The molecule has 29 heavy (non-hydrogen) atoms. The molecule has 0 aromatic heterocycles. The van der Waals surface area contributed by atoms with Crippen LogP contribution in [-0.4, -0.2) is 0 Å². The molecule has 0 atom stereocenters. The van der Waals surface area contributed by atoms with Crippen LogP contribution >= 0.6 is 11.6 Å². The van der Waals surface area contributed by atoms with Crippen molar-refractivity contribution in [1.29, 1.82) is 0 Å². The normalized spacial score (nSPS) is 28.8. The summed E-state index contributed by atoms with van der Waals surface area (Å²) >= 11 is 5.68. The van der Waals surface area contributed by atoms with Gasteiger partial charge in [-0.25, -0.2) is 8.78 Å². The van der Waals surface area contributed by atoms with Gasteiger partial charge in [0.1, 0.15) is 0 Å². The Morgan fingerprint density at radius 2 is 1.45 bits per heavy atom. The Kier molecular flexibility index (Phi) is 7.63. The lowest BCUT2D eigenvalue weighted by atomic mass is 9.68. The average molecular weight is 435 g/mol. The van der Waals surface area contributed by atoms with Crippen molar-refractivity contribution in [3.63, 3.8) is 0 Å². The predicted molar refractivity (Wildman–Crippen MR) is 106 cm³/mol. The van der Waals surface area contributed by atoms with Crippen molar-refractivity contribution in [1.82, 2.24) is 0 Å². The summed E-state index contributed by atoms with van der Waals surface area (Å²) in [4.78, 5) is 0. The van der Waals surface area contributed by atoms with E-state index in [2.05, 4.69) is 6.08 Å². The van der Waals surface area contributed by atoms with Gasteiger partial charge in [0.15, 0.2) is 11.6 Å². The quantitative estimate of drug-likeness (QED) is 0.409. The van der Waals surface area contributed by atoms with Gasteiger partial charge < -0.3 is 0 Å². The highest BCUT2D eigenvalue weighted by Gasteiger charge is 2.36. The zero-order valence-corrected chi connectivity index (χ0v) is 17.2. The fourth-order valence-corrected chi connectivity index (χ4v) is 5.43. The Morgan fingerprint density at radius 3 is 2.00 bits per heavy atom. The van der Waals surface area contributed by atoms with E-state index in [1.807, 2.05) is 0 Å². The molecule has 3 rings (SSSR count). The molecule has 0 unspecified atom stereocenters. The molecule has 2 saturated carbocycles. The predicted octanol–water partition coefficient (Wildman–Crippen LogP) is 8.28. The van der Waals surface area contributed by atoms with E-state index in [0.717, 1.165) is 43.6 Å². The molecular weight excluding hydrogens is 407 g/mol. The molecule has 0 spiro atoms. The standard InChI is InChI=1S/C23H28ClF5/c24-14-13-16-3-8-18(9-4-16)17-6-1-15(2-7-17)5-10-19-11-12-20(23(27,28)29)22(26)21(19)25/h11-18H,1-10H2/b14-13+. The Labute approximate surface area is 174 Å². The third-order valence-corrected chi connectivity index (χ3v) is 7.15. The largest absolute Gasteiger partial charge is 0.419 e. The zero-order valence-electron chi connectivity index (χ0n) is 16.5. The van der Waals surface area contributed by atoms with Crippen LogP contribution in [-0.2, 0) is 12.6 Å². The van der Waals surface area contributed by atoms with Crippen LogP contribution in [0.1, 0.15) is 68.9 Å². The SMILES string of the molecule is Fc1c(CCC2CCC(C3CCC(/C=C/Cl)CC3)CC2)ccc(C(F)(F)F)c1F. The fraction of sp³-hybridized carbons (Fsp3) is 0.652. The number of aryl methyl sites for hydroxylation is 1. The number of rotatable bonds is 5. The molecule has 0 heterocycles. The number of alkyl halides is 3. The number of benzene rings is 1. The van der Waals surface area contributed by atoms with E-state index in [9.17, 15) is 22.0 Å². The lowest BCUT2D eigenvalue weighted by Crippen LogP contribution is -2.25. The Bertz CT molecular complexity index is 696. The van der Waals surface area contributed by atoms with Gasteiger partial charge in [-0.15, -0.1) is 0 Å². The van der Waals surface area contributed by atoms with E-state index in [1.54, 1.807) is 5.54 Å². The van der Waals surface area contributed by atoms with Crippen LogP contribution in [0, 0.1) is 35.3 Å². The molecule has 0 bridgehead atoms. The number of halogens is 6. The first-order chi connectivity index (χ1) is 13.8. The van der Waals surface area contributed by atoms with Crippen molar-refractivity contribution in [2.45, 2.75) is 70.4 Å². The number of allylic oxidation sites excluding steroid dienone is 1. The number of hydrogen-bond acceptors (Lipinski definition) is 0. The summed E-state index contributed by atoms with van der Waals surface area (Å²) in [6, 6.07) is 1.74. The van der Waals surface area contributed by atoms with E-state index in [-0.39, 0.29) is 12.0 Å². The van der Waals surface area contributed by atoms with E-state index >= 15 is 0 Å². The van der Waals surface area contributed by atoms with Crippen molar-refractivity contribution in [3.8, 4) is 0 Å². The Morgan fingerprint density at radius 1 is 0.862 bits per heavy atom. The second kappa shape index (κ2) is 9.80. The number of hydrogen-bond donors (Lipinski definition) is 0. The Hall–Kier alpha value is -1.10. The smallest absolute Gasteiger partial charge is 0.203 e. The molecule has 0 radical (unpaired) electrons. The summed E-state index contributed by atoms with van der Waals surface area (Å²) in [5.41, 5.74) is 0.139. The second-order valence-electron chi connectivity index (χ2n) is 8.71. The summed E-state index contributed by atoms with van der Waals surface area (Å²) in [6.45, 7) is 0. The topological polar surface area (TPSA) is 0 Å². The fourth-order valence-electron chi connectivity index (χ4n) is 5.22. The van der Waals surface area contributed by atoms with Gasteiger partial charge in [0.25, 0.3) is 0 Å². The first kappa shape index (κ1) is 22.6. The lowest BCUT2D eigenvalue weighted by Gasteiger charge is -2.37. The van der Waals surface area contributed by atoms with Crippen LogP contribution in [0.4, 0.5) is 22.0 Å². The van der Waals surface area contributed by atoms with Gasteiger partial charge in [-0.2, -0.15) is 13.2 Å². The molecule has 0 nitrogen and oxygen atoms in total. The van der Waals surface area contributed by atoms with Gasteiger partial charge in [0.05, 0.1) is 5.56 Å². The summed E-state index contributed by atoms with van der Waals surface area (Å²) in [5, 5.41) is 0. The lowest BCUT2D eigenvalue weighted by molar-refractivity contribution is -0.140. The molecule has 2 aliphatic carbocycles. The van der Waals surface area contributed by atoms with Crippen LogP contribution in [0.15, 0.2) is 23.7 Å². The van der Waals surface area contributed by atoms with Gasteiger partial charge in [0.2, 0.25) is 0 Å². The van der Waals surface area contributed by atoms with Crippen LogP contribution in [0.2, 0.25) is 0 Å². The first-order valence-corrected chi connectivity index (χ1v) is 11.0. The van der Waals surface area contributed by atoms with Crippen LogP contribution < -0.4 is 0 Å². The first-order valence-electron chi connectivity index (χ1n) is 10.6. The van der Waals surface area contributed by atoms with E-state index < -0.39 is 23.4 Å². The van der Waals surface area contributed by atoms with E-state index in [0.29, 0.717) is 24.3 Å². The maximum Gasteiger partial charge on any atom is 0.419 e. The maximum absolute atomic E-state index is 14.1. The van der Waals surface area contributed by atoms with Crippen LogP contribution in [0.5, 0.6) is 0 Å². The zero-order chi connectivity index (χ0) is 21.0. The van der Waals surface area contributed by atoms with Crippen LogP contribution in [0.25, 0.3) is 0 Å². The summed E-state index contributed by atoms with van der Waals surface area (Å²) in [5.74, 6) is -0.565. The molecule has 2 fully saturated rings. The van der Waals surface area contributed by atoms with Crippen molar-refractivity contribution in [3.05, 3.63) is 46.5 Å². The van der Waals surface area contributed by atoms with Crippen molar-refractivity contribution < 1.29 is 22.0 Å². The van der Waals surface area contributed by atoms with Gasteiger partial charge in [-0.3, -0.25) is 0 Å². The monoisotopic (exact) mass is 434 g/mol. The highest BCUT2D eigenvalue weighted by Crippen LogP contribution is 2.42. The highest BCUT2D eigenvalue weighted by atomic mass is 35.5. The minimum absolute atomic E-state index is 0.0447. The molecule has 6 heteroatoms.